The Morgan fingerprint density at radius 2 is 2.22 bits per heavy atom. The van der Waals surface area contributed by atoms with Crippen molar-refractivity contribution < 1.29 is 14.2 Å². The van der Waals surface area contributed by atoms with Gasteiger partial charge >= 0.3 is 0 Å². The highest BCUT2D eigenvalue weighted by molar-refractivity contribution is 5.08. The molecule has 0 aliphatic rings. The Labute approximate surface area is 107 Å². The van der Waals surface area contributed by atoms with Crippen molar-refractivity contribution in [3.63, 3.8) is 0 Å². The number of hydrogen-bond donors (Lipinski definition) is 1. The molecule has 1 heterocycles. The second-order valence-electron chi connectivity index (χ2n) is 4.58. The molecule has 0 radical (unpaired) electrons. The number of ether oxygens (including phenoxy) is 1. The summed E-state index contributed by atoms with van der Waals surface area (Å²) in [5.41, 5.74) is 0.504. The third kappa shape index (κ3) is 4.68. The third-order valence-corrected chi connectivity index (χ3v) is 2.87. The monoisotopic (exact) mass is 256 g/mol. The van der Waals surface area contributed by atoms with Gasteiger partial charge in [-0.05, 0) is 19.2 Å². The van der Waals surface area contributed by atoms with Crippen LogP contribution in [0.3, 0.4) is 0 Å². The number of methoxy groups -OCH3 is 1. The minimum atomic E-state index is -0.685. The third-order valence-electron chi connectivity index (χ3n) is 2.87. The minimum absolute atomic E-state index is 0.0183. The first-order valence-electron chi connectivity index (χ1n) is 6.01. The molecule has 1 rings (SSSR count). The molecule has 0 bridgehead atoms. The number of hydrogen-bond acceptors (Lipinski definition) is 4. The molecule has 0 saturated carbocycles. The summed E-state index contributed by atoms with van der Waals surface area (Å²) in [6.07, 6.45) is 0.440. The maximum Gasteiger partial charge on any atom is 0.141 e. The van der Waals surface area contributed by atoms with Crippen molar-refractivity contribution in [3.05, 3.63) is 29.8 Å². The largest absolute Gasteiger partial charge is 0.386 e. The normalized spacial score (nSPS) is 14.8. The van der Waals surface area contributed by atoms with Crippen molar-refractivity contribution in [2.75, 3.05) is 33.9 Å². The van der Waals surface area contributed by atoms with Crippen LogP contribution < -0.4 is 0 Å². The molecular weight excluding hydrogens is 235 g/mol. The van der Waals surface area contributed by atoms with Crippen LogP contribution >= 0.6 is 0 Å². The lowest BCUT2D eigenvalue weighted by Crippen LogP contribution is -2.30. The van der Waals surface area contributed by atoms with Crippen LogP contribution in [0, 0.1) is 11.7 Å². The van der Waals surface area contributed by atoms with Crippen molar-refractivity contribution in [1.29, 1.82) is 0 Å². The van der Waals surface area contributed by atoms with E-state index in [9.17, 15) is 9.50 Å². The quantitative estimate of drug-likeness (QED) is 0.802. The van der Waals surface area contributed by atoms with Gasteiger partial charge in [0.1, 0.15) is 5.82 Å². The van der Waals surface area contributed by atoms with Gasteiger partial charge in [-0.1, -0.05) is 6.92 Å². The molecule has 2 atom stereocenters. The van der Waals surface area contributed by atoms with Gasteiger partial charge in [-0.25, -0.2) is 4.39 Å². The molecule has 0 aliphatic heterocycles. The zero-order valence-corrected chi connectivity index (χ0v) is 11.1. The molecular formula is C13H21FN2O2. The van der Waals surface area contributed by atoms with Gasteiger partial charge in [-0.15, -0.1) is 0 Å². The zero-order chi connectivity index (χ0) is 13.5. The van der Waals surface area contributed by atoms with E-state index in [1.807, 2.05) is 14.0 Å². The maximum absolute atomic E-state index is 12.7. The van der Waals surface area contributed by atoms with Crippen molar-refractivity contribution in [3.8, 4) is 0 Å². The molecule has 1 aromatic heterocycles. The smallest absolute Gasteiger partial charge is 0.141 e. The van der Waals surface area contributed by atoms with Crippen LogP contribution in [0.1, 0.15) is 18.7 Å². The van der Waals surface area contributed by atoms with E-state index in [0.29, 0.717) is 12.3 Å². The standard InChI is InChI=1S/C13H21FN2O2/c1-10(9-16(2)6-7-18-3)13(17)12-5-4-11(14)8-15-12/h4-5,8,10,13,17H,6-7,9H2,1-3H3. The van der Waals surface area contributed by atoms with E-state index in [4.69, 9.17) is 4.74 Å². The van der Waals surface area contributed by atoms with Gasteiger partial charge in [0.05, 0.1) is 24.6 Å². The van der Waals surface area contributed by atoms with Gasteiger partial charge < -0.3 is 14.7 Å². The Bertz CT molecular complexity index is 345. The van der Waals surface area contributed by atoms with E-state index < -0.39 is 11.9 Å². The Kier molecular flexibility index (Phi) is 6.18. The fourth-order valence-corrected chi connectivity index (χ4v) is 1.78. The molecule has 4 nitrogen and oxygen atoms in total. The fraction of sp³-hybridized carbons (Fsp3) is 0.615. The van der Waals surface area contributed by atoms with Gasteiger partial charge in [0, 0.05) is 26.1 Å². The number of aliphatic hydroxyl groups excluding tert-OH is 1. The number of nitrogens with zero attached hydrogens (tertiary/aromatic N) is 2. The second-order valence-corrected chi connectivity index (χ2v) is 4.58. The van der Waals surface area contributed by atoms with Gasteiger partial charge in [0.25, 0.3) is 0 Å². The molecule has 102 valence electrons. The molecule has 0 aliphatic carbocycles. The predicted octanol–water partition coefficient (Wildman–Crippen LogP) is 1.47. The lowest BCUT2D eigenvalue weighted by Gasteiger charge is -2.24. The topological polar surface area (TPSA) is 45.6 Å². The van der Waals surface area contributed by atoms with Crippen LogP contribution in [-0.4, -0.2) is 48.8 Å². The number of rotatable bonds is 7. The van der Waals surface area contributed by atoms with Crippen molar-refractivity contribution >= 4 is 0 Å². The Balaban J connectivity index is 2.50. The molecule has 0 aromatic carbocycles. The lowest BCUT2D eigenvalue weighted by molar-refractivity contribution is 0.0820. The van der Waals surface area contributed by atoms with E-state index in [0.717, 1.165) is 19.3 Å². The number of aliphatic hydroxyl groups is 1. The molecule has 1 aromatic rings. The minimum Gasteiger partial charge on any atom is -0.386 e. The van der Waals surface area contributed by atoms with Crippen LogP contribution in [0.5, 0.6) is 0 Å². The average Bonchev–Trinajstić information content (AvgIpc) is 2.36. The number of halogens is 1. The van der Waals surface area contributed by atoms with Crippen molar-refractivity contribution in [1.82, 2.24) is 9.88 Å². The summed E-state index contributed by atoms with van der Waals surface area (Å²) in [4.78, 5) is 5.98. The molecule has 1 N–H and O–H groups in total. The SMILES string of the molecule is COCCN(C)CC(C)C(O)c1ccc(F)cn1. The Morgan fingerprint density at radius 3 is 2.78 bits per heavy atom. The Hall–Kier alpha value is -1.04. The van der Waals surface area contributed by atoms with Crippen molar-refractivity contribution in [2.24, 2.45) is 5.92 Å². The summed E-state index contributed by atoms with van der Waals surface area (Å²) >= 11 is 0. The van der Waals surface area contributed by atoms with Crippen LogP contribution in [0.2, 0.25) is 0 Å². The summed E-state index contributed by atoms with van der Waals surface area (Å²) < 4.78 is 17.7. The molecule has 0 amide bonds. The highest BCUT2D eigenvalue weighted by Gasteiger charge is 2.19. The molecule has 18 heavy (non-hydrogen) atoms. The van der Waals surface area contributed by atoms with E-state index in [2.05, 4.69) is 9.88 Å². The van der Waals surface area contributed by atoms with Gasteiger partial charge in [0.15, 0.2) is 0 Å². The molecule has 5 heteroatoms. The summed E-state index contributed by atoms with van der Waals surface area (Å²) in [5.74, 6) is -0.374. The molecule has 0 saturated heterocycles. The van der Waals surface area contributed by atoms with Gasteiger partial charge in [0.2, 0.25) is 0 Å². The van der Waals surface area contributed by atoms with Crippen LogP contribution in [0.25, 0.3) is 0 Å². The molecule has 2 unspecified atom stereocenters. The van der Waals surface area contributed by atoms with E-state index in [1.165, 1.54) is 12.1 Å². The highest BCUT2D eigenvalue weighted by atomic mass is 19.1. The zero-order valence-electron chi connectivity index (χ0n) is 11.1. The molecule has 0 fully saturated rings. The summed E-state index contributed by atoms with van der Waals surface area (Å²) in [5, 5.41) is 10.1. The summed E-state index contributed by atoms with van der Waals surface area (Å²) in [6, 6.07) is 2.83. The van der Waals surface area contributed by atoms with Gasteiger partial charge in [-0.3, -0.25) is 4.98 Å². The van der Waals surface area contributed by atoms with E-state index in [1.54, 1.807) is 7.11 Å². The van der Waals surface area contributed by atoms with Gasteiger partial charge in [-0.2, -0.15) is 0 Å². The van der Waals surface area contributed by atoms with Crippen LogP contribution in [0.15, 0.2) is 18.3 Å². The van der Waals surface area contributed by atoms with E-state index >= 15 is 0 Å². The van der Waals surface area contributed by atoms with E-state index in [-0.39, 0.29) is 5.92 Å². The first-order chi connectivity index (χ1) is 8.54. The fourth-order valence-electron chi connectivity index (χ4n) is 1.78. The first-order valence-corrected chi connectivity index (χ1v) is 6.01. The van der Waals surface area contributed by atoms with Crippen LogP contribution in [-0.2, 0) is 4.74 Å². The number of pyridine rings is 1. The first kappa shape index (κ1) is 15.0. The van der Waals surface area contributed by atoms with Crippen molar-refractivity contribution in [2.45, 2.75) is 13.0 Å². The highest BCUT2D eigenvalue weighted by Crippen LogP contribution is 2.20. The lowest BCUT2D eigenvalue weighted by atomic mass is 10.0. The second kappa shape index (κ2) is 7.41. The predicted molar refractivity (Wildman–Crippen MR) is 67.7 cm³/mol. The average molecular weight is 256 g/mol. The van der Waals surface area contributed by atoms with Crippen LogP contribution in [0.4, 0.5) is 4.39 Å². The molecule has 0 spiro atoms. The maximum atomic E-state index is 12.7. The summed E-state index contributed by atoms with van der Waals surface area (Å²) in [7, 11) is 3.63. The number of aromatic nitrogens is 1. The number of likely N-dealkylation sites (N-methyl/N-ethyl adjacent to an activating group) is 1. The summed E-state index contributed by atoms with van der Waals surface area (Å²) in [6.45, 7) is 4.14. The Morgan fingerprint density at radius 1 is 1.50 bits per heavy atom.